The zero-order valence-corrected chi connectivity index (χ0v) is 20.0. The second kappa shape index (κ2) is 9.91. The van der Waals surface area contributed by atoms with Crippen molar-refractivity contribution in [1.29, 1.82) is 0 Å². The third-order valence-electron chi connectivity index (χ3n) is 5.23. The summed E-state index contributed by atoms with van der Waals surface area (Å²) in [4.78, 5) is 21.2. The monoisotopic (exact) mass is 493 g/mol. The number of hydrogen-bond acceptors (Lipinski definition) is 6. The normalized spacial score (nSPS) is 11.3. The van der Waals surface area contributed by atoms with E-state index < -0.39 is 0 Å². The molecule has 0 radical (unpaired) electrons. The van der Waals surface area contributed by atoms with Gasteiger partial charge in [-0.3, -0.25) is 4.79 Å². The fourth-order valence-electron chi connectivity index (χ4n) is 3.60. The summed E-state index contributed by atoms with van der Waals surface area (Å²) in [6.45, 7) is 0.775. The number of halogens is 1. The minimum atomic E-state index is -0.170. The van der Waals surface area contributed by atoms with Crippen molar-refractivity contribution in [2.75, 3.05) is 0 Å². The van der Waals surface area contributed by atoms with Gasteiger partial charge in [-0.25, -0.2) is 4.98 Å². The summed E-state index contributed by atoms with van der Waals surface area (Å²) < 4.78 is 2.17. The van der Waals surface area contributed by atoms with Gasteiger partial charge in [0.2, 0.25) is 0 Å². The van der Waals surface area contributed by atoms with Crippen molar-refractivity contribution in [3.63, 3.8) is 0 Å². The predicted octanol–water partition coefficient (Wildman–Crippen LogP) is 5.36. The molecule has 3 aromatic heterocycles. The van der Waals surface area contributed by atoms with Gasteiger partial charge >= 0.3 is 0 Å². The number of aromatic amines is 1. The summed E-state index contributed by atoms with van der Waals surface area (Å²) >= 11 is 9.32. The Hall–Kier alpha value is -2.94. The number of benzene rings is 2. The zero-order chi connectivity index (χ0) is 22.6. The summed E-state index contributed by atoms with van der Waals surface area (Å²) in [5.41, 5.74) is 1.68. The second-order valence-corrected chi connectivity index (χ2v) is 9.92. The van der Waals surface area contributed by atoms with Crippen LogP contribution in [0.3, 0.4) is 0 Å². The fraction of sp³-hybridized carbons (Fsp3) is 0.167. The largest absolute Gasteiger partial charge is 0.309 e. The van der Waals surface area contributed by atoms with E-state index >= 15 is 0 Å². The molecule has 0 aliphatic rings. The van der Waals surface area contributed by atoms with Gasteiger partial charge in [-0.2, -0.15) is 0 Å². The molecule has 5 aromatic rings. The van der Waals surface area contributed by atoms with Crippen LogP contribution in [0.15, 0.2) is 76.0 Å². The molecule has 2 aromatic carbocycles. The number of rotatable bonds is 8. The molecule has 6 nitrogen and oxygen atoms in total. The number of nitrogens with zero attached hydrogens (tertiary/aromatic N) is 4. The molecular weight excluding hydrogens is 474 g/mol. The van der Waals surface area contributed by atoms with Gasteiger partial charge < -0.3 is 9.55 Å². The molecule has 0 atom stereocenters. The second-order valence-electron chi connectivity index (χ2n) is 7.50. The Morgan fingerprint density at radius 3 is 2.76 bits per heavy atom. The van der Waals surface area contributed by atoms with Gasteiger partial charge in [0, 0.05) is 22.9 Å². The van der Waals surface area contributed by atoms with E-state index in [2.05, 4.69) is 60.4 Å². The van der Waals surface area contributed by atoms with Crippen LogP contribution in [-0.4, -0.2) is 24.7 Å². The average Bonchev–Trinajstić information content (AvgIpc) is 3.47. The lowest BCUT2D eigenvalue weighted by Gasteiger charge is -2.10. The number of aryl methyl sites for hydroxylation is 1. The molecule has 1 N–H and O–H groups in total. The highest BCUT2D eigenvalue weighted by atomic mass is 35.5. The maximum atomic E-state index is 12.5. The van der Waals surface area contributed by atoms with E-state index in [1.807, 2.05) is 12.1 Å². The van der Waals surface area contributed by atoms with Crippen molar-refractivity contribution >= 4 is 45.6 Å². The maximum Gasteiger partial charge on any atom is 0.258 e. The van der Waals surface area contributed by atoms with Crippen LogP contribution in [0.2, 0.25) is 5.02 Å². The highest BCUT2D eigenvalue weighted by molar-refractivity contribution is 7.98. The Balaban J connectivity index is 1.39. The molecule has 0 fully saturated rings. The van der Waals surface area contributed by atoms with Crippen LogP contribution in [0, 0.1) is 0 Å². The molecule has 166 valence electrons. The smallest absolute Gasteiger partial charge is 0.258 e. The van der Waals surface area contributed by atoms with Gasteiger partial charge in [0.1, 0.15) is 11.6 Å². The van der Waals surface area contributed by atoms with Gasteiger partial charge in [-0.15, -0.1) is 21.5 Å². The average molecular weight is 494 g/mol. The molecule has 0 spiro atoms. The Labute approximate surface area is 203 Å². The molecule has 0 aliphatic heterocycles. The summed E-state index contributed by atoms with van der Waals surface area (Å²) in [6.07, 6.45) is 1.62. The number of nitrogens with one attached hydrogen (secondary N) is 1. The van der Waals surface area contributed by atoms with Crippen molar-refractivity contribution in [2.45, 2.75) is 30.3 Å². The summed E-state index contributed by atoms with van der Waals surface area (Å²) in [5, 5.41) is 12.9. The molecule has 0 aliphatic carbocycles. The van der Waals surface area contributed by atoms with Gasteiger partial charge in [0.15, 0.2) is 5.16 Å². The fourth-order valence-corrected chi connectivity index (χ4v) is 5.32. The number of hydrogen-bond donors (Lipinski definition) is 1. The van der Waals surface area contributed by atoms with E-state index in [1.54, 1.807) is 29.5 Å². The van der Waals surface area contributed by atoms with Crippen LogP contribution in [0.25, 0.3) is 10.9 Å². The third kappa shape index (κ3) is 5.19. The molecule has 3 heterocycles. The minimum absolute atomic E-state index is 0.170. The number of fused-ring (bicyclic) bond motifs is 1. The molecular formula is C24H20ClN5OS2. The quantitative estimate of drug-likeness (QED) is 0.295. The summed E-state index contributed by atoms with van der Waals surface area (Å²) in [6, 6.07) is 19.7. The van der Waals surface area contributed by atoms with Gasteiger partial charge in [0.25, 0.3) is 5.56 Å². The zero-order valence-electron chi connectivity index (χ0n) is 17.6. The van der Waals surface area contributed by atoms with Crippen LogP contribution in [0.5, 0.6) is 0 Å². The predicted molar refractivity (Wildman–Crippen MR) is 134 cm³/mol. The molecule has 0 amide bonds. The molecule has 0 saturated heterocycles. The highest BCUT2D eigenvalue weighted by Gasteiger charge is 2.15. The van der Waals surface area contributed by atoms with E-state index in [0.717, 1.165) is 30.4 Å². The van der Waals surface area contributed by atoms with E-state index in [-0.39, 0.29) is 5.56 Å². The molecule has 33 heavy (non-hydrogen) atoms. The van der Waals surface area contributed by atoms with E-state index in [9.17, 15) is 4.79 Å². The van der Waals surface area contributed by atoms with E-state index in [0.29, 0.717) is 27.5 Å². The molecule has 0 saturated carbocycles. The molecule has 9 heteroatoms. The number of H-pyrrole nitrogens is 1. The lowest BCUT2D eigenvalue weighted by atomic mass is 10.1. The van der Waals surface area contributed by atoms with Crippen LogP contribution in [0.1, 0.15) is 22.1 Å². The van der Waals surface area contributed by atoms with E-state index in [4.69, 9.17) is 11.6 Å². The minimum Gasteiger partial charge on any atom is -0.309 e. The van der Waals surface area contributed by atoms with Crippen molar-refractivity contribution in [1.82, 2.24) is 24.7 Å². The number of thioether (sulfide) groups is 1. The summed E-state index contributed by atoms with van der Waals surface area (Å²) in [7, 11) is 0. The van der Waals surface area contributed by atoms with Gasteiger partial charge in [-0.1, -0.05) is 59.8 Å². The number of aromatic nitrogens is 5. The first kappa shape index (κ1) is 21.9. The van der Waals surface area contributed by atoms with Crippen LogP contribution >= 0.6 is 34.7 Å². The van der Waals surface area contributed by atoms with Crippen molar-refractivity contribution in [2.24, 2.45) is 0 Å². The first-order valence-corrected chi connectivity index (χ1v) is 12.7. The topological polar surface area (TPSA) is 76.5 Å². The van der Waals surface area contributed by atoms with E-state index in [1.165, 1.54) is 22.2 Å². The van der Waals surface area contributed by atoms with Gasteiger partial charge in [0.05, 0.1) is 16.7 Å². The van der Waals surface area contributed by atoms with Crippen LogP contribution < -0.4 is 5.56 Å². The maximum absolute atomic E-state index is 12.5. The standard InChI is InChI=1S/C24H20ClN5OS2/c25-17-8-9-19-20(13-17)26-21(27-23(19)31)15-33-24-29-28-22(14-18-7-4-12-32-18)30(24)11-10-16-5-2-1-3-6-16/h1-9,12-13H,10-11,14-15H2,(H,26,27,31). The Morgan fingerprint density at radius 1 is 1.06 bits per heavy atom. The first-order chi connectivity index (χ1) is 16.2. The Bertz CT molecular complexity index is 1430. The van der Waals surface area contributed by atoms with Gasteiger partial charge in [-0.05, 0) is 41.6 Å². The lowest BCUT2D eigenvalue weighted by Crippen LogP contribution is -2.12. The number of thiophene rings is 1. The molecule has 0 unspecified atom stereocenters. The SMILES string of the molecule is O=c1[nH]c(CSc2nnc(Cc3cccs3)n2CCc2ccccc2)nc2cc(Cl)ccc12. The van der Waals surface area contributed by atoms with Crippen molar-refractivity contribution in [3.8, 4) is 0 Å². The molecule has 0 bridgehead atoms. The Morgan fingerprint density at radius 2 is 1.94 bits per heavy atom. The third-order valence-corrected chi connectivity index (χ3v) is 7.32. The molecule has 5 rings (SSSR count). The summed E-state index contributed by atoms with van der Waals surface area (Å²) in [5.74, 6) is 1.99. The Kier molecular flexibility index (Phi) is 6.57. The first-order valence-electron chi connectivity index (χ1n) is 10.5. The van der Waals surface area contributed by atoms with Crippen LogP contribution in [-0.2, 0) is 25.1 Å². The highest BCUT2D eigenvalue weighted by Crippen LogP contribution is 2.24. The van der Waals surface area contributed by atoms with Crippen molar-refractivity contribution < 1.29 is 0 Å². The van der Waals surface area contributed by atoms with Crippen LogP contribution in [0.4, 0.5) is 0 Å². The van der Waals surface area contributed by atoms with Crippen molar-refractivity contribution in [3.05, 3.63) is 104 Å². The lowest BCUT2D eigenvalue weighted by molar-refractivity contribution is 0.610.